The minimum Gasteiger partial charge on any atom is -0.380 e. The standard InChI is InChI=1S/C10H17BrO3/c1-9(2)6-13-10(14-7-9)3-4-12-5-8(10)11/h8H,3-7H2,1-2H3. The van der Waals surface area contributed by atoms with Crippen LogP contribution in [0, 0.1) is 5.41 Å². The summed E-state index contributed by atoms with van der Waals surface area (Å²) in [4.78, 5) is 0.153. The molecule has 2 rings (SSSR count). The summed E-state index contributed by atoms with van der Waals surface area (Å²) in [6.45, 7) is 7.22. The maximum Gasteiger partial charge on any atom is 0.185 e. The Morgan fingerprint density at radius 2 is 1.86 bits per heavy atom. The number of ether oxygens (including phenoxy) is 3. The van der Waals surface area contributed by atoms with Crippen LogP contribution in [-0.2, 0) is 14.2 Å². The van der Waals surface area contributed by atoms with E-state index >= 15 is 0 Å². The van der Waals surface area contributed by atoms with Crippen LogP contribution in [0.5, 0.6) is 0 Å². The van der Waals surface area contributed by atoms with E-state index in [4.69, 9.17) is 14.2 Å². The highest BCUT2D eigenvalue weighted by molar-refractivity contribution is 9.09. The third-order valence-corrected chi connectivity index (χ3v) is 3.71. The molecule has 1 spiro atoms. The van der Waals surface area contributed by atoms with Crippen molar-refractivity contribution in [1.29, 1.82) is 0 Å². The Morgan fingerprint density at radius 1 is 1.21 bits per heavy atom. The van der Waals surface area contributed by atoms with E-state index in [-0.39, 0.29) is 10.2 Å². The Morgan fingerprint density at radius 3 is 2.43 bits per heavy atom. The molecule has 82 valence electrons. The molecule has 0 aromatic carbocycles. The molecule has 0 aromatic rings. The minimum atomic E-state index is -0.437. The number of alkyl halides is 1. The summed E-state index contributed by atoms with van der Waals surface area (Å²) in [6, 6.07) is 0. The molecular weight excluding hydrogens is 248 g/mol. The summed E-state index contributed by atoms with van der Waals surface area (Å²) in [7, 11) is 0. The maximum absolute atomic E-state index is 5.88. The first kappa shape index (κ1) is 10.9. The Kier molecular flexibility index (Phi) is 2.90. The molecule has 2 aliphatic heterocycles. The average Bonchev–Trinajstić information content (AvgIpc) is 2.15. The second kappa shape index (κ2) is 3.74. The van der Waals surface area contributed by atoms with Crippen molar-refractivity contribution in [3.63, 3.8) is 0 Å². The van der Waals surface area contributed by atoms with Gasteiger partial charge in [-0.3, -0.25) is 0 Å². The quantitative estimate of drug-likeness (QED) is 0.626. The van der Waals surface area contributed by atoms with Gasteiger partial charge in [0.1, 0.15) is 0 Å². The fourth-order valence-corrected chi connectivity index (χ4v) is 2.41. The molecule has 0 amide bonds. The molecule has 0 aromatic heterocycles. The third kappa shape index (κ3) is 1.98. The van der Waals surface area contributed by atoms with Crippen molar-refractivity contribution in [1.82, 2.24) is 0 Å². The molecule has 0 N–H and O–H groups in total. The van der Waals surface area contributed by atoms with E-state index in [2.05, 4.69) is 29.8 Å². The van der Waals surface area contributed by atoms with Crippen LogP contribution in [0.2, 0.25) is 0 Å². The third-order valence-electron chi connectivity index (χ3n) is 2.75. The molecular formula is C10H17BrO3. The lowest BCUT2D eigenvalue weighted by Gasteiger charge is -2.47. The van der Waals surface area contributed by atoms with Gasteiger partial charge in [-0.05, 0) is 0 Å². The van der Waals surface area contributed by atoms with E-state index in [0.717, 1.165) is 26.2 Å². The first-order chi connectivity index (χ1) is 6.54. The van der Waals surface area contributed by atoms with Crippen molar-refractivity contribution in [2.45, 2.75) is 30.9 Å². The molecule has 2 aliphatic rings. The van der Waals surface area contributed by atoms with Crippen molar-refractivity contribution < 1.29 is 14.2 Å². The number of hydrogen-bond acceptors (Lipinski definition) is 3. The zero-order valence-electron chi connectivity index (χ0n) is 8.72. The Balaban J connectivity index is 2.03. The van der Waals surface area contributed by atoms with Crippen molar-refractivity contribution in [3.05, 3.63) is 0 Å². The van der Waals surface area contributed by atoms with Gasteiger partial charge in [-0.15, -0.1) is 0 Å². The number of hydrogen-bond donors (Lipinski definition) is 0. The Hall–Kier alpha value is 0.360. The highest BCUT2D eigenvalue weighted by Gasteiger charge is 2.47. The fourth-order valence-electron chi connectivity index (χ4n) is 1.73. The molecule has 3 nitrogen and oxygen atoms in total. The van der Waals surface area contributed by atoms with Gasteiger partial charge in [0.25, 0.3) is 0 Å². The fraction of sp³-hybridized carbons (Fsp3) is 1.00. The first-order valence-corrected chi connectivity index (χ1v) is 5.95. The lowest BCUT2D eigenvalue weighted by molar-refractivity contribution is -0.315. The summed E-state index contributed by atoms with van der Waals surface area (Å²) in [5, 5.41) is 0. The van der Waals surface area contributed by atoms with Crippen LogP contribution in [0.25, 0.3) is 0 Å². The highest BCUT2D eigenvalue weighted by Crippen LogP contribution is 2.38. The van der Waals surface area contributed by atoms with Gasteiger partial charge in [-0.25, -0.2) is 0 Å². The first-order valence-electron chi connectivity index (χ1n) is 5.04. The zero-order valence-corrected chi connectivity index (χ0v) is 10.3. The van der Waals surface area contributed by atoms with Gasteiger partial charge in [0.2, 0.25) is 0 Å². The molecule has 1 unspecified atom stereocenters. The van der Waals surface area contributed by atoms with Crippen LogP contribution in [0.15, 0.2) is 0 Å². The molecule has 4 heteroatoms. The smallest absolute Gasteiger partial charge is 0.185 e. The van der Waals surface area contributed by atoms with Crippen molar-refractivity contribution in [2.24, 2.45) is 5.41 Å². The van der Waals surface area contributed by atoms with Crippen LogP contribution >= 0.6 is 15.9 Å². The minimum absolute atomic E-state index is 0.135. The zero-order chi connectivity index (χ0) is 10.2. The van der Waals surface area contributed by atoms with Crippen molar-refractivity contribution >= 4 is 15.9 Å². The van der Waals surface area contributed by atoms with Gasteiger partial charge in [-0.2, -0.15) is 0 Å². The van der Waals surface area contributed by atoms with E-state index in [1.165, 1.54) is 0 Å². The second-order valence-electron chi connectivity index (χ2n) is 4.85. The van der Waals surface area contributed by atoms with Gasteiger partial charge < -0.3 is 14.2 Å². The predicted molar refractivity (Wildman–Crippen MR) is 56.6 cm³/mol. The average molecular weight is 265 g/mol. The molecule has 2 fully saturated rings. The molecule has 0 radical (unpaired) electrons. The molecule has 0 bridgehead atoms. The molecule has 14 heavy (non-hydrogen) atoms. The van der Waals surface area contributed by atoms with Gasteiger partial charge in [0.15, 0.2) is 5.79 Å². The van der Waals surface area contributed by atoms with E-state index in [1.807, 2.05) is 0 Å². The summed E-state index contributed by atoms with van der Waals surface area (Å²) in [5.74, 6) is -0.437. The normalized spacial score (nSPS) is 35.8. The molecule has 1 atom stereocenters. The molecule has 0 aliphatic carbocycles. The maximum atomic E-state index is 5.88. The summed E-state index contributed by atoms with van der Waals surface area (Å²) < 4.78 is 17.1. The second-order valence-corrected chi connectivity index (χ2v) is 5.95. The van der Waals surface area contributed by atoms with Crippen LogP contribution in [0.3, 0.4) is 0 Å². The van der Waals surface area contributed by atoms with E-state index in [1.54, 1.807) is 0 Å². The van der Waals surface area contributed by atoms with E-state index in [9.17, 15) is 0 Å². The summed E-state index contributed by atoms with van der Waals surface area (Å²) in [5.41, 5.74) is 0.135. The monoisotopic (exact) mass is 264 g/mol. The van der Waals surface area contributed by atoms with Crippen LogP contribution in [0.4, 0.5) is 0 Å². The Labute approximate surface area is 93.2 Å². The van der Waals surface area contributed by atoms with E-state index in [0.29, 0.717) is 6.61 Å². The topological polar surface area (TPSA) is 27.7 Å². The van der Waals surface area contributed by atoms with Crippen molar-refractivity contribution in [2.75, 3.05) is 26.4 Å². The molecule has 2 heterocycles. The SMILES string of the molecule is CC1(C)COC2(CCOCC2Br)OC1. The van der Waals surface area contributed by atoms with Crippen LogP contribution < -0.4 is 0 Å². The van der Waals surface area contributed by atoms with Crippen molar-refractivity contribution in [3.8, 4) is 0 Å². The van der Waals surface area contributed by atoms with E-state index < -0.39 is 5.79 Å². The molecule has 0 saturated carbocycles. The summed E-state index contributed by atoms with van der Waals surface area (Å²) in [6.07, 6.45) is 0.818. The predicted octanol–water partition coefficient (Wildman–Crippen LogP) is 1.94. The van der Waals surface area contributed by atoms with Crippen LogP contribution in [0.1, 0.15) is 20.3 Å². The Bertz CT molecular complexity index is 207. The van der Waals surface area contributed by atoms with Gasteiger partial charge in [0, 0.05) is 11.8 Å². The molecule has 2 saturated heterocycles. The highest BCUT2D eigenvalue weighted by atomic mass is 79.9. The van der Waals surface area contributed by atoms with Gasteiger partial charge in [0.05, 0.1) is 31.3 Å². The lowest BCUT2D eigenvalue weighted by Crippen LogP contribution is -2.56. The summed E-state index contributed by atoms with van der Waals surface area (Å²) >= 11 is 3.57. The number of halogens is 1. The van der Waals surface area contributed by atoms with Gasteiger partial charge in [-0.1, -0.05) is 29.8 Å². The number of rotatable bonds is 0. The largest absolute Gasteiger partial charge is 0.380 e. The van der Waals surface area contributed by atoms with Crippen LogP contribution in [-0.4, -0.2) is 37.0 Å². The van der Waals surface area contributed by atoms with Gasteiger partial charge >= 0.3 is 0 Å². The lowest BCUT2D eigenvalue weighted by atomic mass is 9.93.